The maximum Gasteiger partial charge on any atom is 0.220 e. The molecule has 17 unspecified atom stereocenters. The van der Waals surface area contributed by atoms with Crippen LogP contribution in [0.1, 0.15) is 425 Å². The monoisotopic (exact) mass is 1560 g/mol. The predicted molar refractivity (Wildman–Crippen MR) is 439 cm³/mol. The van der Waals surface area contributed by atoms with Gasteiger partial charge in [0.2, 0.25) is 5.91 Å². The maximum absolute atomic E-state index is 13.5. The molecule has 19 heteroatoms. The second-order valence-electron chi connectivity index (χ2n) is 33.5. The second-order valence-corrected chi connectivity index (χ2v) is 33.5. The van der Waals surface area contributed by atoms with Gasteiger partial charge in [-0.15, -0.1) is 0 Å². The Kier molecular flexibility index (Phi) is 66.0. The van der Waals surface area contributed by atoms with E-state index < -0.39 is 124 Å². The highest BCUT2D eigenvalue weighted by Crippen LogP contribution is 2.34. The number of hydrogen-bond acceptors (Lipinski definition) is 18. The summed E-state index contributed by atoms with van der Waals surface area (Å²) in [5.74, 6) is -0.232. The van der Waals surface area contributed by atoms with Gasteiger partial charge in [-0.3, -0.25) is 4.79 Å². The van der Waals surface area contributed by atoms with Gasteiger partial charge >= 0.3 is 0 Å². The lowest BCUT2D eigenvalue weighted by Crippen LogP contribution is -2.66. The standard InChI is InChI=1S/C90H173NO18/c1-3-5-7-9-11-13-15-17-19-21-23-25-27-28-29-30-31-32-33-34-35-36-37-38-39-40-41-42-43-44-46-48-50-52-54-56-58-60-62-64-66-68-78(96)91-73(74(95)67-65-63-61-59-57-55-53-51-49-47-45-26-24-22-20-18-16-14-12-10-8-6-4-2)72-104-88-84(102)81(99)86(76(70-93)106-88)109-90-85(103)82(100)87(77(71-94)107-90)108-89-83(101)80(98)79(97)75(69-92)105-89/h21,23,73-77,79-90,92-95,97-103H,3-20,22,24-72H2,1-2H3,(H,91,96)/b23-21-. The minimum absolute atomic E-state index is 0.232. The van der Waals surface area contributed by atoms with Gasteiger partial charge in [0.1, 0.15) is 73.2 Å². The van der Waals surface area contributed by atoms with Crippen LogP contribution in [-0.4, -0.2) is 193 Å². The molecule has 0 aromatic heterocycles. The summed E-state index contributed by atoms with van der Waals surface area (Å²) in [6, 6.07) is -0.885. The Hall–Kier alpha value is -1.47. The normalized spacial score (nSPS) is 25.2. The van der Waals surface area contributed by atoms with E-state index in [-0.39, 0.29) is 18.9 Å². The van der Waals surface area contributed by atoms with Crippen LogP contribution in [0.3, 0.4) is 0 Å². The van der Waals surface area contributed by atoms with Crippen molar-refractivity contribution in [3.05, 3.63) is 12.2 Å². The maximum atomic E-state index is 13.5. The molecule has 3 aliphatic rings. The summed E-state index contributed by atoms with van der Waals surface area (Å²) in [5, 5.41) is 121. The van der Waals surface area contributed by atoms with Gasteiger partial charge in [-0.25, -0.2) is 0 Å². The van der Waals surface area contributed by atoms with Crippen LogP contribution in [0.15, 0.2) is 12.2 Å². The molecule has 0 saturated carbocycles. The molecular weight excluding hydrogens is 1380 g/mol. The van der Waals surface area contributed by atoms with Crippen LogP contribution < -0.4 is 5.32 Å². The number of allylic oxidation sites excluding steroid dienone is 2. The SMILES string of the molecule is CCCCCCCCCC/C=C\CCCCCCCCCCCCCCCCCCCCCCCCCCCCCCCC(=O)NC(COC1OC(CO)C(OC2OC(CO)C(OC3OC(CO)C(O)C(O)C3O)C(O)C2O)C(O)C1O)C(O)CCCCCCCCCCCCCCCCCCCCCCCCC. The molecule has 0 radical (unpaired) electrons. The highest BCUT2D eigenvalue weighted by Gasteiger charge is 2.54. The van der Waals surface area contributed by atoms with E-state index in [9.17, 15) is 61.0 Å². The zero-order chi connectivity index (χ0) is 78.8. The summed E-state index contributed by atoms with van der Waals surface area (Å²) in [5.41, 5.74) is 0. The van der Waals surface area contributed by atoms with Gasteiger partial charge in [0.15, 0.2) is 18.9 Å². The van der Waals surface area contributed by atoms with Crippen molar-refractivity contribution in [2.45, 2.75) is 529 Å². The van der Waals surface area contributed by atoms with Crippen molar-refractivity contribution in [2.24, 2.45) is 0 Å². The van der Waals surface area contributed by atoms with Gasteiger partial charge in [0.05, 0.1) is 38.6 Å². The summed E-state index contributed by atoms with van der Waals surface area (Å²) in [7, 11) is 0. The molecule has 0 aromatic rings. The number of ether oxygens (including phenoxy) is 6. The van der Waals surface area contributed by atoms with Crippen LogP contribution >= 0.6 is 0 Å². The Labute approximate surface area is 665 Å². The van der Waals surface area contributed by atoms with Crippen molar-refractivity contribution in [3.8, 4) is 0 Å². The zero-order valence-electron chi connectivity index (χ0n) is 69.8. The summed E-state index contributed by atoms with van der Waals surface area (Å²) >= 11 is 0. The summed E-state index contributed by atoms with van der Waals surface area (Å²) in [4.78, 5) is 13.5. The van der Waals surface area contributed by atoms with Crippen molar-refractivity contribution < 1.29 is 89.4 Å². The first kappa shape index (κ1) is 102. The molecule has 3 heterocycles. The highest BCUT2D eigenvalue weighted by molar-refractivity contribution is 5.76. The Balaban J connectivity index is 1.27. The Morgan fingerprint density at radius 3 is 0.890 bits per heavy atom. The van der Waals surface area contributed by atoms with E-state index in [0.29, 0.717) is 12.8 Å². The number of nitrogens with one attached hydrogen (secondary N) is 1. The van der Waals surface area contributed by atoms with Gasteiger partial charge in [-0.1, -0.05) is 392 Å². The fourth-order valence-corrected chi connectivity index (χ4v) is 16.2. The Morgan fingerprint density at radius 2 is 0.578 bits per heavy atom. The van der Waals surface area contributed by atoms with E-state index in [0.717, 1.165) is 44.9 Å². The fourth-order valence-electron chi connectivity index (χ4n) is 16.2. The van der Waals surface area contributed by atoms with Crippen molar-refractivity contribution in [2.75, 3.05) is 26.4 Å². The van der Waals surface area contributed by atoms with Gasteiger partial charge in [-0.2, -0.15) is 0 Å². The molecular formula is C90H173NO18. The number of amides is 1. The number of aliphatic hydroxyl groups excluding tert-OH is 11. The van der Waals surface area contributed by atoms with E-state index in [2.05, 4.69) is 31.3 Å². The van der Waals surface area contributed by atoms with E-state index >= 15 is 0 Å². The summed E-state index contributed by atoms with van der Waals surface area (Å²) in [6.07, 6.45) is 60.6. The van der Waals surface area contributed by atoms with Crippen LogP contribution in [0, 0.1) is 0 Å². The van der Waals surface area contributed by atoms with Gasteiger partial charge < -0.3 is 89.9 Å². The molecule has 0 aromatic carbocycles. The van der Waals surface area contributed by atoms with Gasteiger partial charge in [-0.05, 0) is 38.5 Å². The smallest absolute Gasteiger partial charge is 0.220 e. The van der Waals surface area contributed by atoms with E-state index in [4.69, 9.17) is 28.4 Å². The lowest BCUT2D eigenvalue weighted by Gasteiger charge is -2.48. The molecule has 17 atom stereocenters. The third-order valence-corrected chi connectivity index (χ3v) is 23.6. The first-order chi connectivity index (χ1) is 53.3. The number of rotatable bonds is 77. The molecule has 3 saturated heterocycles. The molecule has 0 aliphatic carbocycles. The molecule has 3 rings (SSSR count). The summed E-state index contributed by atoms with van der Waals surface area (Å²) in [6.45, 7) is 1.88. The number of carbonyl (C=O) groups is 1. The molecule has 1 amide bonds. The van der Waals surface area contributed by atoms with Crippen molar-refractivity contribution in [1.82, 2.24) is 5.32 Å². The fraction of sp³-hybridized carbons (Fsp3) is 0.967. The summed E-state index contributed by atoms with van der Waals surface area (Å²) < 4.78 is 34.6. The first-order valence-corrected chi connectivity index (χ1v) is 46.4. The third kappa shape index (κ3) is 49.4. The van der Waals surface area contributed by atoms with Crippen molar-refractivity contribution >= 4 is 5.91 Å². The van der Waals surface area contributed by atoms with Crippen molar-refractivity contribution in [3.63, 3.8) is 0 Å². The highest BCUT2D eigenvalue weighted by atomic mass is 16.8. The van der Waals surface area contributed by atoms with Crippen molar-refractivity contribution in [1.29, 1.82) is 0 Å². The minimum atomic E-state index is -1.97. The lowest BCUT2D eigenvalue weighted by molar-refractivity contribution is -0.379. The first-order valence-electron chi connectivity index (χ1n) is 46.4. The molecule has 3 aliphatic heterocycles. The average Bonchev–Trinajstić information content (AvgIpc) is 0.760. The quantitative estimate of drug-likeness (QED) is 0.0199. The van der Waals surface area contributed by atoms with E-state index in [1.807, 2.05) is 0 Å². The number of carbonyl (C=O) groups excluding carboxylic acids is 1. The number of unbranched alkanes of at least 4 members (excludes halogenated alkanes) is 59. The van der Waals surface area contributed by atoms with Gasteiger partial charge in [0.25, 0.3) is 0 Å². The van der Waals surface area contributed by atoms with Crippen LogP contribution in [0.25, 0.3) is 0 Å². The molecule has 12 N–H and O–H groups in total. The molecule has 3 fully saturated rings. The number of aliphatic hydroxyl groups is 11. The topological polar surface area (TPSA) is 307 Å². The number of hydrogen-bond donors (Lipinski definition) is 12. The molecule has 19 nitrogen and oxygen atoms in total. The van der Waals surface area contributed by atoms with Gasteiger partial charge in [0, 0.05) is 6.42 Å². The largest absolute Gasteiger partial charge is 0.394 e. The lowest BCUT2D eigenvalue weighted by atomic mass is 9.96. The Bertz CT molecular complexity index is 2010. The average molecular weight is 1560 g/mol. The Morgan fingerprint density at radius 1 is 0.321 bits per heavy atom. The van der Waals surface area contributed by atoms with E-state index in [1.165, 1.54) is 347 Å². The minimum Gasteiger partial charge on any atom is -0.394 e. The molecule has 0 bridgehead atoms. The zero-order valence-corrected chi connectivity index (χ0v) is 69.8. The van der Waals surface area contributed by atoms with Crippen LogP contribution in [0.4, 0.5) is 0 Å². The third-order valence-electron chi connectivity index (χ3n) is 23.6. The molecule has 646 valence electrons. The second kappa shape index (κ2) is 70.7. The van der Waals surface area contributed by atoms with Crippen LogP contribution in [0.5, 0.6) is 0 Å². The predicted octanol–water partition coefficient (Wildman–Crippen LogP) is 17.9. The van der Waals surface area contributed by atoms with Crippen LogP contribution in [-0.2, 0) is 33.2 Å². The van der Waals surface area contributed by atoms with E-state index in [1.54, 1.807) is 0 Å². The van der Waals surface area contributed by atoms with Crippen LogP contribution in [0.2, 0.25) is 0 Å². The molecule has 0 spiro atoms. The molecule has 109 heavy (non-hydrogen) atoms.